The fraction of sp³-hybridized carbons (Fsp3) is 0.158. The standard InChI is InChI=1S/C57H47BN2O2/c1-34-29-48-55-49(30-34)60(39-25-26-42-41-13-8-10-16-50(41)62-53(42)33-39)47-32-37(57(5,6)7)21-27-44(47)58(55)45-31-36(56(2,3)4)22-28-46(45)59(48)38-23-19-35(20-24-38)40-15-12-18-52-54(40)43-14-9-11-17-51(43)61-52/h8-33H,1-7H3. The summed E-state index contributed by atoms with van der Waals surface area (Å²) in [6.07, 6.45) is 0. The van der Waals surface area contributed by atoms with E-state index in [-0.39, 0.29) is 17.5 Å². The molecule has 0 saturated carbocycles. The number of para-hydroxylation sites is 2. The van der Waals surface area contributed by atoms with Crippen molar-refractivity contribution >= 4 is 101 Å². The molecule has 0 bridgehead atoms. The number of aryl methyl sites for hydroxylation is 1. The summed E-state index contributed by atoms with van der Waals surface area (Å²) in [5.74, 6) is 0. The van der Waals surface area contributed by atoms with Crippen LogP contribution in [0.15, 0.2) is 167 Å². The molecule has 0 radical (unpaired) electrons. The van der Waals surface area contributed by atoms with Gasteiger partial charge in [-0.3, -0.25) is 0 Å². The monoisotopic (exact) mass is 802 g/mol. The van der Waals surface area contributed by atoms with Gasteiger partial charge in [0, 0.05) is 61.7 Å². The second-order valence-electron chi connectivity index (χ2n) is 19.5. The first-order valence-corrected chi connectivity index (χ1v) is 21.9. The lowest BCUT2D eigenvalue weighted by Crippen LogP contribution is -2.61. The molecule has 0 saturated heterocycles. The zero-order valence-electron chi connectivity index (χ0n) is 36.3. The highest BCUT2D eigenvalue weighted by Crippen LogP contribution is 2.47. The van der Waals surface area contributed by atoms with Crippen LogP contribution in [0.5, 0.6) is 0 Å². The Balaban J connectivity index is 1.10. The predicted octanol–water partition coefficient (Wildman–Crippen LogP) is 14.1. The van der Waals surface area contributed by atoms with Gasteiger partial charge in [-0.25, -0.2) is 0 Å². The Bertz CT molecular complexity index is 3470. The molecule has 2 aliphatic heterocycles. The number of rotatable bonds is 3. The van der Waals surface area contributed by atoms with Gasteiger partial charge in [0.15, 0.2) is 0 Å². The van der Waals surface area contributed by atoms with E-state index < -0.39 is 0 Å². The maximum absolute atomic E-state index is 6.55. The van der Waals surface area contributed by atoms with E-state index in [2.05, 4.69) is 204 Å². The number of anilines is 6. The Hall–Kier alpha value is -6.98. The van der Waals surface area contributed by atoms with Crippen molar-refractivity contribution in [1.82, 2.24) is 0 Å². The lowest BCUT2D eigenvalue weighted by Gasteiger charge is -2.45. The molecule has 0 aliphatic carbocycles. The quantitative estimate of drug-likeness (QED) is 0.167. The molecule has 10 aromatic rings. The third-order valence-electron chi connectivity index (χ3n) is 13.4. The molecule has 0 N–H and O–H groups in total. The smallest absolute Gasteiger partial charge is 0.252 e. The zero-order valence-corrected chi connectivity index (χ0v) is 36.3. The van der Waals surface area contributed by atoms with E-state index in [4.69, 9.17) is 8.83 Å². The van der Waals surface area contributed by atoms with Crippen molar-refractivity contribution in [2.24, 2.45) is 0 Å². The lowest BCUT2D eigenvalue weighted by molar-refractivity contribution is 0.590. The van der Waals surface area contributed by atoms with E-state index >= 15 is 0 Å². The summed E-state index contributed by atoms with van der Waals surface area (Å²) in [5.41, 5.74) is 20.7. The highest BCUT2D eigenvalue weighted by atomic mass is 16.3. The number of benzene rings is 8. The third kappa shape index (κ3) is 5.47. The van der Waals surface area contributed by atoms with E-state index in [9.17, 15) is 0 Å². The van der Waals surface area contributed by atoms with E-state index in [1.165, 1.54) is 61.4 Å². The van der Waals surface area contributed by atoms with Crippen LogP contribution in [0.25, 0.3) is 55.0 Å². The number of hydrogen-bond donors (Lipinski definition) is 0. The fourth-order valence-corrected chi connectivity index (χ4v) is 10.3. The van der Waals surface area contributed by atoms with E-state index in [0.29, 0.717) is 0 Å². The molecule has 0 atom stereocenters. The van der Waals surface area contributed by atoms with Gasteiger partial charge in [0.2, 0.25) is 0 Å². The Morgan fingerprint density at radius 2 is 1.03 bits per heavy atom. The molecule has 0 spiro atoms. The molecule has 62 heavy (non-hydrogen) atoms. The summed E-state index contributed by atoms with van der Waals surface area (Å²) in [4.78, 5) is 5.02. The van der Waals surface area contributed by atoms with Gasteiger partial charge in [0.1, 0.15) is 22.3 Å². The van der Waals surface area contributed by atoms with Crippen LogP contribution in [-0.2, 0) is 10.8 Å². The molecule has 8 aromatic carbocycles. The topological polar surface area (TPSA) is 32.8 Å². The van der Waals surface area contributed by atoms with Crippen molar-refractivity contribution in [2.45, 2.75) is 59.3 Å². The molecule has 0 unspecified atom stereocenters. The van der Waals surface area contributed by atoms with Crippen LogP contribution in [0.3, 0.4) is 0 Å². The van der Waals surface area contributed by atoms with Crippen LogP contribution in [-0.4, -0.2) is 6.71 Å². The van der Waals surface area contributed by atoms with Gasteiger partial charge in [-0.05, 0) is 129 Å². The molecule has 2 aromatic heterocycles. The molecule has 12 rings (SSSR count). The van der Waals surface area contributed by atoms with Crippen molar-refractivity contribution in [3.05, 3.63) is 174 Å². The van der Waals surface area contributed by atoms with Gasteiger partial charge in [-0.2, -0.15) is 0 Å². The average molecular weight is 803 g/mol. The highest BCUT2D eigenvalue weighted by Gasteiger charge is 2.44. The number of furan rings is 2. The second-order valence-corrected chi connectivity index (χ2v) is 19.5. The number of fused-ring (bicyclic) bond motifs is 10. The Kier molecular flexibility index (Phi) is 7.73. The maximum atomic E-state index is 6.55. The van der Waals surface area contributed by atoms with Crippen LogP contribution in [0.2, 0.25) is 0 Å². The van der Waals surface area contributed by atoms with Crippen molar-refractivity contribution in [2.75, 3.05) is 9.80 Å². The Labute approximate surface area is 363 Å². The molecular formula is C57H47BN2O2. The molecule has 4 nitrogen and oxygen atoms in total. The minimum atomic E-state index is -0.0372. The first-order valence-electron chi connectivity index (χ1n) is 21.9. The van der Waals surface area contributed by atoms with Crippen molar-refractivity contribution < 1.29 is 8.83 Å². The van der Waals surface area contributed by atoms with Crippen molar-refractivity contribution in [3.8, 4) is 11.1 Å². The van der Waals surface area contributed by atoms with E-state index in [1.807, 2.05) is 12.1 Å². The third-order valence-corrected chi connectivity index (χ3v) is 13.4. The van der Waals surface area contributed by atoms with Gasteiger partial charge in [-0.1, -0.05) is 126 Å². The van der Waals surface area contributed by atoms with Crippen LogP contribution < -0.4 is 26.2 Å². The summed E-state index contributed by atoms with van der Waals surface area (Å²) in [5, 5.41) is 4.56. The van der Waals surface area contributed by atoms with Crippen LogP contribution >= 0.6 is 0 Å². The second kappa shape index (κ2) is 13.0. The first kappa shape index (κ1) is 36.8. The number of nitrogens with zero attached hydrogens (tertiary/aromatic N) is 2. The molecule has 0 fully saturated rings. The maximum Gasteiger partial charge on any atom is 0.252 e. The summed E-state index contributed by atoms with van der Waals surface area (Å²) in [7, 11) is 0. The van der Waals surface area contributed by atoms with Gasteiger partial charge in [-0.15, -0.1) is 0 Å². The molecule has 300 valence electrons. The van der Waals surface area contributed by atoms with Gasteiger partial charge in [0.05, 0.1) is 0 Å². The molecular weight excluding hydrogens is 755 g/mol. The Morgan fingerprint density at radius 1 is 0.435 bits per heavy atom. The predicted molar refractivity (Wildman–Crippen MR) is 263 cm³/mol. The van der Waals surface area contributed by atoms with Crippen LogP contribution in [0, 0.1) is 6.92 Å². The first-order chi connectivity index (χ1) is 29.9. The largest absolute Gasteiger partial charge is 0.456 e. The van der Waals surface area contributed by atoms with Gasteiger partial charge in [0.25, 0.3) is 6.71 Å². The number of hydrogen-bond acceptors (Lipinski definition) is 4. The zero-order chi connectivity index (χ0) is 42.2. The van der Waals surface area contributed by atoms with Crippen molar-refractivity contribution in [3.63, 3.8) is 0 Å². The summed E-state index contributed by atoms with van der Waals surface area (Å²) < 4.78 is 12.8. The molecule has 2 aliphatic rings. The van der Waals surface area contributed by atoms with Gasteiger partial charge < -0.3 is 18.6 Å². The minimum Gasteiger partial charge on any atom is -0.456 e. The summed E-state index contributed by atoms with van der Waals surface area (Å²) in [6.45, 7) is 16.2. The van der Waals surface area contributed by atoms with Crippen LogP contribution in [0.4, 0.5) is 34.1 Å². The Morgan fingerprint density at radius 3 is 1.77 bits per heavy atom. The average Bonchev–Trinajstić information content (AvgIpc) is 3.83. The molecule has 5 heteroatoms. The SMILES string of the molecule is Cc1cc2c3c(c1)N(c1ccc4c(c1)oc1ccccc14)c1cc(C(C)(C)C)ccc1B3c1cc(C(C)(C)C)ccc1N2c1ccc(-c2cccc3oc4ccccc4c23)cc1. The summed E-state index contributed by atoms with van der Waals surface area (Å²) >= 11 is 0. The van der Waals surface area contributed by atoms with E-state index in [0.717, 1.165) is 60.8 Å². The summed E-state index contributed by atoms with van der Waals surface area (Å²) in [6, 6.07) is 58.2. The van der Waals surface area contributed by atoms with Gasteiger partial charge >= 0.3 is 0 Å². The molecule has 4 heterocycles. The van der Waals surface area contributed by atoms with Crippen molar-refractivity contribution in [1.29, 1.82) is 0 Å². The van der Waals surface area contributed by atoms with E-state index in [1.54, 1.807) is 0 Å². The fourth-order valence-electron chi connectivity index (χ4n) is 10.3. The molecule has 0 amide bonds. The normalized spacial score (nSPS) is 13.6. The minimum absolute atomic E-state index is 0.0237. The highest BCUT2D eigenvalue weighted by molar-refractivity contribution is 7.00. The van der Waals surface area contributed by atoms with Crippen LogP contribution in [0.1, 0.15) is 58.2 Å². The lowest BCUT2D eigenvalue weighted by atomic mass is 9.33.